The molecule has 0 amide bonds. The lowest BCUT2D eigenvalue weighted by Gasteiger charge is -2.03. The molecule has 0 spiro atoms. The van der Waals surface area contributed by atoms with Gasteiger partial charge in [-0.3, -0.25) is 0 Å². The van der Waals surface area contributed by atoms with Gasteiger partial charge in [0.2, 0.25) is 0 Å². The van der Waals surface area contributed by atoms with Crippen LogP contribution < -0.4 is 0 Å². The monoisotopic (exact) mass is 195 g/mol. The summed E-state index contributed by atoms with van der Waals surface area (Å²) in [4.78, 5) is 0. The van der Waals surface area contributed by atoms with Gasteiger partial charge in [-0.25, -0.2) is 0 Å². The summed E-state index contributed by atoms with van der Waals surface area (Å²) in [5, 5.41) is 0. The minimum atomic E-state index is 0.884. The Bertz CT molecular complexity index is 122. The van der Waals surface area contributed by atoms with E-state index in [4.69, 9.17) is 0 Å². The number of hydrogen-bond donors (Lipinski definition) is 0. The van der Waals surface area contributed by atoms with Crippen molar-refractivity contribution in [1.29, 1.82) is 0 Å². The zero-order valence-electron chi connectivity index (χ0n) is 10.1. The summed E-state index contributed by atoms with van der Waals surface area (Å²) in [6.07, 6.45) is 15.1. The highest BCUT2D eigenvalue weighted by Gasteiger charge is 1.93. The fourth-order valence-corrected chi connectivity index (χ4v) is 1.58. The normalized spacial score (nSPS) is 11.7. The second kappa shape index (κ2) is 10.8. The zero-order chi connectivity index (χ0) is 10.6. The largest absolute Gasteiger partial charge is 0.0885 e. The predicted octanol–water partition coefficient (Wildman–Crippen LogP) is 5.15. The molecule has 0 heteroatoms. The lowest BCUT2D eigenvalue weighted by Crippen LogP contribution is -1.86. The maximum Gasteiger partial charge on any atom is -0.0351 e. The van der Waals surface area contributed by atoms with Gasteiger partial charge in [0, 0.05) is 0 Å². The van der Waals surface area contributed by atoms with E-state index in [1.54, 1.807) is 0 Å². The molecule has 0 aromatic rings. The molecule has 83 valence electrons. The van der Waals surface area contributed by atoms with Gasteiger partial charge in [-0.05, 0) is 32.1 Å². The summed E-state index contributed by atoms with van der Waals surface area (Å²) < 4.78 is 0. The van der Waals surface area contributed by atoms with Gasteiger partial charge in [0.25, 0.3) is 0 Å². The van der Waals surface area contributed by atoms with E-state index in [1.165, 1.54) is 44.9 Å². The van der Waals surface area contributed by atoms with Crippen molar-refractivity contribution in [2.24, 2.45) is 5.92 Å². The number of hydrogen-bond acceptors (Lipinski definition) is 0. The number of allylic oxidation sites excluding steroid dienone is 2. The third-order valence-corrected chi connectivity index (χ3v) is 2.49. The van der Waals surface area contributed by atoms with Crippen LogP contribution in [0.1, 0.15) is 65.2 Å². The molecule has 0 rings (SSSR count). The Hall–Kier alpha value is -0.260. The van der Waals surface area contributed by atoms with Crippen molar-refractivity contribution >= 4 is 0 Å². The Balaban J connectivity index is 2.95. The van der Waals surface area contributed by atoms with Gasteiger partial charge >= 0.3 is 0 Å². The van der Waals surface area contributed by atoms with E-state index in [0.29, 0.717) is 0 Å². The lowest BCUT2D eigenvalue weighted by atomic mass is 10.0. The van der Waals surface area contributed by atoms with Crippen LogP contribution in [0.25, 0.3) is 0 Å². The van der Waals surface area contributed by atoms with Crippen LogP contribution in [0.2, 0.25) is 0 Å². The van der Waals surface area contributed by atoms with Gasteiger partial charge in [0.05, 0.1) is 0 Å². The second-order valence-corrected chi connectivity index (χ2v) is 4.50. The third-order valence-electron chi connectivity index (χ3n) is 2.49. The van der Waals surface area contributed by atoms with Gasteiger partial charge in [-0.1, -0.05) is 58.1 Å². The fourth-order valence-electron chi connectivity index (χ4n) is 1.58. The third kappa shape index (κ3) is 11.7. The van der Waals surface area contributed by atoms with Crippen LogP contribution in [0.4, 0.5) is 0 Å². The van der Waals surface area contributed by atoms with Crippen molar-refractivity contribution in [3.63, 3.8) is 0 Å². The van der Waals surface area contributed by atoms with Crippen molar-refractivity contribution in [3.8, 4) is 0 Å². The topological polar surface area (TPSA) is 0 Å². The molecule has 0 aliphatic heterocycles. The number of rotatable bonds is 9. The first-order chi connectivity index (χ1) is 6.77. The van der Waals surface area contributed by atoms with Crippen molar-refractivity contribution in [1.82, 2.24) is 0 Å². The maximum atomic E-state index is 3.77. The highest BCUT2D eigenvalue weighted by atomic mass is 14.0. The molecule has 0 fully saturated rings. The smallest absolute Gasteiger partial charge is 0.0351 e. The van der Waals surface area contributed by atoms with E-state index in [2.05, 4.69) is 32.9 Å². The molecule has 0 unspecified atom stereocenters. The van der Waals surface area contributed by atoms with Gasteiger partial charge in [-0.2, -0.15) is 0 Å². The zero-order valence-corrected chi connectivity index (χ0v) is 10.1. The summed E-state index contributed by atoms with van der Waals surface area (Å²) in [5.74, 6) is 0.884. The molecular weight excluding hydrogens is 168 g/mol. The Morgan fingerprint density at radius 1 is 0.929 bits per heavy atom. The highest BCUT2D eigenvalue weighted by molar-refractivity contribution is 4.81. The maximum absolute atomic E-state index is 3.77. The van der Waals surface area contributed by atoms with E-state index >= 15 is 0 Å². The van der Waals surface area contributed by atoms with Crippen molar-refractivity contribution in [3.05, 3.63) is 19.1 Å². The van der Waals surface area contributed by atoms with E-state index in [1.807, 2.05) is 0 Å². The highest BCUT2D eigenvalue weighted by Crippen LogP contribution is 2.11. The molecular formula is C14H27. The molecule has 0 atom stereocenters. The van der Waals surface area contributed by atoms with Crippen LogP contribution in [-0.4, -0.2) is 0 Å². The van der Waals surface area contributed by atoms with E-state index in [0.717, 1.165) is 12.3 Å². The van der Waals surface area contributed by atoms with Crippen LogP contribution >= 0.6 is 0 Å². The Kier molecular flexibility index (Phi) is 10.6. The molecule has 0 aliphatic carbocycles. The van der Waals surface area contributed by atoms with Crippen LogP contribution in [0.5, 0.6) is 0 Å². The standard InChI is InChI=1S/C14H27/c1-4-5-6-7-8-9-10-11-12-13-14(2)3/h5-6,14H,1,4,7-13H2,2-3H3. The van der Waals surface area contributed by atoms with Crippen LogP contribution in [-0.2, 0) is 0 Å². The first kappa shape index (κ1) is 13.7. The summed E-state index contributed by atoms with van der Waals surface area (Å²) >= 11 is 0. The summed E-state index contributed by atoms with van der Waals surface area (Å²) in [7, 11) is 0. The van der Waals surface area contributed by atoms with Gasteiger partial charge < -0.3 is 0 Å². The van der Waals surface area contributed by atoms with E-state index < -0.39 is 0 Å². The summed E-state index contributed by atoms with van der Waals surface area (Å²) in [6, 6.07) is 0. The van der Waals surface area contributed by atoms with Crippen molar-refractivity contribution in [2.75, 3.05) is 0 Å². The minimum absolute atomic E-state index is 0.884. The van der Waals surface area contributed by atoms with Crippen molar-refractivity contribution in [2.45, 2.75) is 65.2 Å². The Labute approximate surface area is 90.8 Å². The average molecular weight is 195 g/mol. The lowest BCUT2D eigenvalue weighted by molar-refractivity contribution is 0.516. The molecule has 0 aliphatic rings. The summed E-state index contributed by atoms with van der Waals surface area (Å²) in [6.45, 7) is 8.39. The number of unbranched alkanes of at least 4 members (excludes halogenated alkanes) is 5. The summed E-state index contributed by atoms with van der Waals surface area (Å²) in [5.41, 5.74) is 0. The first-order valence-corrected chi connectivity index (χ1v) is 6.21. The molecule has 0 aromatic carbocycles. The molecule has 0 saturated carbocycles. The Morgan fingerprint density at radius 3 is 2.21 bits per heavy atom. The van der Waals surface area contributed by atoms with Gasteiger partial charge in [-0.15, -0.1) is 0 Å². The minimum Gasteiger partial charge on any atom is -0.0885 e. The Morgan fingerprint density at radius 2 is 1.57 bits per heavy atom. The van der Waals surface area contributed by atoms with Gasteiger partial charge in [0.1, 0.15) is 0 Å². The first-order valence-electron chi connectivity index (χ1n) is 6.21. The molecule has 0 N–H and O–H groups in total. The van der Waals surface area contributed by atoms with Gasteiger partial charge in [0.15, 0.2) is 0 Å². The van der Waals surface area contributed by atoms with Crippen LogP contribution in [0.15, 0.2) is 12.2 Å². The predicted molar refractivity (Wildman–Crippen MR) is 66.3 cm³/mol. The molecule has 0 heterocycles. The van der Waals surface area contributed by atoms with Crippen LogP contribution in [0, 0.1) is 12.8 Å². The molecule has 14 heavy (non-hydrogen) atoms. The molecule has 0 aromatic heterocycles. The molecule has 0 nitrogen and oxygen atoms in total. The van der Waals surface area contributed by atoms with E-state index in [9.17, 15) is 0 Å². The second-order valence-electron chi connectivity index (χ2n) is 4.50. The average Bonchev–Trinajstić information content (AvgIpc) is 2.15. The van der Waals surface area contributed by atoms with E-state index in [-0.39, 0.29) is 0 Å². The molecule has 0 saturated heterocycles. The quantitative estimate of drug-likeness (QED) is 0.352. The van der Waals surface area contributed by atoms with Crippen LogP contribution in [0.3, 0.4) is 0 Å². The van der Waals surface area contributed by atoms with Crippen molar-refractivity contribution < 1.29 is 0 Å². The molecule has 0 bridgehead atoms. The molecule has 1 radical (unpaired) electrons. The fraction of sp³-hybridized carbons (Fsp3) is 0.786. The SMILES string of the molecule is [CH2]CC=CCCCCCCCC(C)C.